The smallest absolute Gasteiger partial charge is 0.283 e. The van der Waals surface area contributed by atoms with Gasteiger partial charge in [0.25, 0.3) is 10.0 Å². The van der Waals surface area contributed by atoms with Crippen LogP contribution in [-0.4, -0.2) is 59.8 Å². The van der Waals surface area contributed by atoms with Gasteiger partial charge < -0.3 is 19.7 Å². The number of carbonyl (C=O) groups excluding carboxylic acids is 1. The Morgan fingerprint density at radius 1 is 1.15 bits per heavy atom. The van der Waals surface area contributed by atoms with Gasteiger partial charge in [-0.25, -0.2) is 0 Å². The van der Waals surface area contributed by atoms with Gasteiger partial charge in [0.15, 0.2) is 0 Å². The summed E-state index contributed by atoms with van der Waals surface area (Å²) in [5, 5.41) is 7.49. The van der Waals surface area contributed by atoms with Gasteiger partial charge in [-0.3, -0.25) is 9.78 Å². The van der Waals surface area contributed by atoms with Crippen LogP contribution in [0.15, 0.2) is 53.7 Å². The molecule has 0 unspecified atom stereocenters. The Kier molecular flexibility index (Phi) is 4.85. The lowest BCUT2D eigenvalue weighted by atomic mass is 9.81. The molecule has 0 aliphatic carbocycles. The highest BCUT2D eigenvalue weighted by atomic mass is 32.2. The largest absolute Gasteiger partial charge is 0.490 e. The summed E-state index contributed by atoms with van der Waals surface area (Å²) in [4.78, 5) is 19.9. The van der Waals surface area contributed by atoms with Gasteiger partial charge in [0, 0.05) is 37.7 Å². The van der Waals surface area contributed by atoms with Gasteiger partial charge in [0.05, 0.1) is 35.1 Å². The van der Waals surface area contributed by atoms with Crippen molar-refractivity contribution in [2.24, 2.45) is 0 Å². The average molecular weight is 482 g/mol. The summed E-state index contributed by atoms with van der Waals surface area (Å²) in [6.07, 6.45) is 3.74. The molecule has 1 saturated heterocycles. The summed E-state index contributed by atoms with van der Waals surface area (Å²) in [5.41, 5.74) is 1.80. The van der Waals surface area contributed by atoms with Crippen molar-refractivity contribution in [3.63, 3.8) is 0 Å². The molecule has 34 heavy (non-hydrogen) atoms. The maximum Gasteiger partial charge on any atom is 0.283 e. The summed E-state index contributed by atoms with van der Waals surface area (Å²) in [5.74, 6) is 0.553. The number of hydrogen-bond acceptors (Lipinski definition) is 8. The number of hydrogen-bond donors (Lipinski definition) is 1. The van der Waals surface area contributed by atoms with Crippen molar-refractivity contribution in [2.45, 2.75) is 29.8 Å². The van der Waals surface area contributed by atoms with E-state index in [1.165, 1.54) is 12.3 Å². The van der Waals surface area contributed by atoms with E-state index in [-0.39, 0.29) is 30.5 Å². The number of nitrogens with zero attached hydrogens (tertiary/aromatic N) is 4. The van der Waals surface area contributed by atoms with Crippen molar-refractivity contribution < 1.29 is 22.7 Å². The lowest BCUT2D eigenvalue weighted by molar-refractivity contribution is -0.138. The molecule has 0 radical (unpaired) electrons. The molecule has 5 heterocycles. The molecule has 3 aliphatic rings. The Morgan fingerprint density at radius 2 is 2.06 bits per heavy atom. The van der Waals surface area contributed by atoms with E-state index < -0.39 is 15.4 Å². The average Bonchev–Trinajstić information content (AvgIpc) is 3.60. The standard InChI is InChI=1S/C23H23N5O5S/c29-22(23(6-9-32-15-23)21-3-1-2-7-25-21)27-12-16-13-28(26-19(16)14-27)34(30,31)17-4-5-20-18(11-17)24-8-10-33-20/h1-5,7,11,13,24H,6,8-10,12,14-15H2/t23-/m1/s1. The topological polar surface area (TPSA) is 116 Å². The summed E-state index contributed by atoms with van der Waals surface area (Å²) in [7, 11) is -3.88. The predicted octanol–water partition coefficient (Wildman–Crippen LogP) is 1.52. The number of amides is 1. The monoisotopic (exact) mass is 481 g/mol. The van der Waals surface area contributed by atoms with E-state index >= 15 is 0 Å². The first-order valence-electron chi connectivity index (χ1n) is 11.1. The van der Waals surface area contributed by atoms with Crippen LogP contribution in [0.25, 0.3) is 0 Å². The SMILES string of the molecule is O=C(N1Cc2cn(S(=O)(=O)c3ccc4c(c3)NCCO4)nc2C1)[C@]1(c2ccccn2)CCOC1. The number of carbonyl (C=O) groups is 1. The Labute approximate surface area is 196 Å². The van der Waals surface area contributed by atoms with Crippen LogP contribution >= 0.6 is 0 Å². The number of aromatic nitrogens is 3. The molecule has 3 aliphatic heterocycles. The zero-order valence-electron chi connectivity index (χ0n) is 18.3. The van der Waals surface area contributed by atoms with Crippen molar-refractivity contribution >= 4 is 21.6 Å². The lowest BCUT2D eigenvalue weighted by Gasteiger charge is -2.30. The van der Waals surface area contributed by atoms with Crippen LogP contribution < -0.4 is 10.1 Å². The van der Waals surface area contributed by atoms with Crippen LogP contribution in [0.3, 0.4) is 0 Å². The zero-order chi connectivity index (χ0) is 23.3. The first-order valence-corrected chi connectivity index (χ1v) is 12.5. The highest BCUT2D eigenvalue weighted by Gasteiger charge is 2.48. The molecule has 1 aromatic carbocycles. The van der Waals surface area contributed by atoms with E-state index in [2.05, 4.69) is 15.4 Å². The van der Waals surface area contributed by atoms with E-state index in [1.54, 1.807) is 23.2 Å². The van der Waals surface area contributed by atoms with Crippen molar-refractivity contribution in [1.82, 2.24) is 19.1 Å². The van der Waals surface area contributed by atoms with Crippen molar-refractivity contribution in [3.8, 4) is 5.75 Å². The van der Waals surface area contributed by atoms with Gasteiger partial charge in [-0.2, -0.15) is 17.6 Å². The Balaban J connectivity index is 1.25. The Bertz CT molecular complexity index is 1340. The van der Waals surface area contributed by atoms with E-state index in [1.807, 2.05) is 18.2 Å². The second-order valence-electron chi connectivity index (χ2n) is 8.67. The fourth-order valence-corrected chi connectivity index (χ4v) is 5.97. The van der Waals surface area contributed by atoms with Gasteiger partial charge in [-0.1, -0.05) is 6.07 Å². The second-order valence-corrected chi connectivity index (χ2v) is 10.5. The molecule has 1 amide bonds. The third kappa shape index (κ3) is 3.26. The predicted molar refractivity (Wildman–Crippen MR) is 121 cm³/mol. The zero-order valence-corrected chi connectivity index (χ0v) is 19.1. The second kappa shape index (κ2) is 7.81. The van der Waals surface area contributed by atoms with Crippen LogP contribution in [-0.2, 0) is 38.1 Å². The first-order chi connectivity index (χ1) is 16.5. The van der Waals surface area contributed by atoms with Gasteiger partial charge in [-0.15, -0.1) is 0 Å². The molecule has 0 saturated carbocycles. The molecule has 2 aromatic heterocycles. The van der Waals surface area contributed by atoms with E-state index in [9.17, 15) is 13.2 Å². The molecular formula is C23H23N5O5S. The van der Waals surface area contributed by atoms with Crippen molar-refractivity contribution in [1.29, 1.82) is 0 Å². The minimum atomic E-state index is -3.88. The number of benzene rings is 1. The first kappa shape index (κ1) is 21.1. The van der Waals surface area contributed by atoms with Crippen LogP contribution in [0.4, 0.5) is 5.69 Å². The van der Waals surface area contributed by atoms with E-state index in [0.717, 1.165) is 4.09 Å². The fourth-order valence-electron chi connectivity index (χ4n) is 4.78. The molecule has 0 spiro atoms. The highest BCUT2D eigenvalue weighted by molar-refractivity contribution is 7.89. The van der Waals surface area contributed by atoms with Gasteiger partial charge in [0.1, 0.15) is 17.8 Å². The minimum absolute atomic E-state index is 0.0723. The third-order valence-electron chi connectivity index (χ3n) is 6.60. The summed E-state index contributed by atoms with van der Waals surface area (Å²) in [6.45, 7) is 2.45. The van der Waals surface area contributed by atoms with Crippen molar-refractivity contribution in [2.75, 3.05) is 31.7 Å². The summed E-state index contributed by atoms with van der Waals surface area (Å²) in [6, 6.07) is 10.3. The van der Waals surface area contributed by atoms with E-state index in [4.69, 9.17) is 9.47 Å². The molecule has 1 N–H and O–H groups in total. The molecule has 10 nitrogen and oxygen atoms in total. The normalized spacial score (nSPS) is 21.5. The molecule has 3 aromatic rings. The number of pyridine rings is 1. The molecule has 176 valence electrons. The van der Waals surface area contributed by atoms with Gasteiger partial charge in [0.2, 0.25) is 5.91 Å². The molecule has 1 atom stereocenters. The maximum atomic E-state index is 13.6. The number of ether oxygens (including phenoxy) is 2. The van der Waals surface area contributed by atoms with E-state index in [0.29, 0.717) is 54.6 Å². The lowest BCUT2D eigenvalue weighted by Crippen LogP contribution is -2.46. The van der Waals surface area contributed by atoms with Gasteiger partial charge >= 0.3 is 0 Å². The Morgan fingerprint density at radius 3 is 2.82 bits per heavy atom. The summed E-state index contributed by atoms with van der Waals surface area (Å²) < 4.78 is 38.6. The molecule has 11 heteroatoms. The van der Waals surface area contributed by atoms with Crippen LogP contribution in [0.5, 0.6) is 5.75 Å². The number of nitrogens with one attached hydrogen (secondary N) is 1. The maximum absolute atomic E-state index is 13.6. The molecule has 6 rings (SSSR count). The van der Waals surface area contributed by atoms with Crippen LogP contribution in [0.1, 0.15) is 23.4 Å². The molecule has 0 bridgehead atoms. The summed E-state index contributed by atoms with van der Waals surface area (Å²) >= 11 is 0. The minimum Gasteiger partial charge on any atom is -0.490 e. The van der Waals surface area contributed by atoms with Gasteiger partial charge in [-0.05, 0) is 36.8 Å². The fraction of sp³-hybridized carbons (Fsp3) is 0.348. The van der Waals surface area contributed by atoms with Crippen LogP contribution in [0.2, 0.25) is 0 Å². The molecular weight excluding hydrogens is 458 g/mol. The van der Waals surface area contributed by atoms with Crippen molar-refractivity contribution in [3.05, 3.63) is 65.7 Å². The van der Waals surface area contributed by atoms with Crippen LogP contribution in [0, 0.1) is 0 Å². The molecule has 1 fully saturated rings. The number of fused-ring (bicyclic) bond motifs is 2. The Hall–Kier alpha value is -3.44. The third-order valence-corrected chi connectivity index (χ3v) is 8.13. The number of anilines is 1. The quantitative estimate of drug-likeness (QED) is 0.596. The number of rotatable bonds is 4. The highest BCUT2D eigenvalue weighted by Crippen LogP contribution is 2.37.